The van der Waals surface area contributed by atoms with Gasteiger partial charge in [-0.25, -0.2) is 23.7 Å². The zero-order valence-electron chi connectivity index (χ0n) is 13.4. The van der Waals surface area contributed by atoms with E-state index in [-0.39, 0.29) is 11.9 Å². The molecule has 0 amide bonds. The molecule has 0 saturated carbocycles. The highest BCUT2D eigenvalue weighted by Crippen LogP contribution is 2.31. The Bertz CT molecular complexity index is 926. The number of rotatable bonds is 4. The van der Waals surface area contributed by atoms with Gasteiger partial charge in [-0.3, -0.25) is 4.57 Å². The van der Waals surface area contributed by atoms with Crippen LogP contribution in [0.25, 0.3) is 11.2 Å². The molecule has 1 aliphatic rings. The number of imidazole rings is 1. The van der Waals surface area contributed by atoms with Crippen molar-refractivity contribution >= 4 is 34.4 Å². The summed E-state index contributed by atoms with van der Waals surface area (Å²) < 4.78 is 34.7. The lowest BCUT2D eigenvalue weighted by Crippen LogP contribution is -2.07. The fourth-order valence-corrected chi connectivity index (χ4v) is 3.14. The van der Waals surface area contributed by atoms with E-state index in [0.29, 0.717) is 28.7 Å². The van der Waals surface area contributed by atoms with Gasteiger partial charge in [-0.1, -0.05) is 11.8 Å². The van der Waals surface area contributed by atoms with Gasteiger partial charge in [0.2, 0.25) is 0 Å². The predicted octanol–water partition coefficient (Wildman–Crippen LogP) is 3.88. The zero-order chi connectivity index (χ0) is 17.4. The second kappa shape index (κ2) is 6.57. The van der Waals surface area contributed by atoms with Crippen molar-refractivity contribution in [1.29, 1.82) is 0 Å². The molecule has 1 atom stereocenters. The number of ether oxygens (including phenoxy) is 1. The first kappa shape index (κ1) is 16.2. The molecule has 9 heteroatoms. The highest BCUT2D eigenvalue weighted by atomic mass is 32.2. The van der Waals surface area contributed by atoms with E-state index >= 15 is 0 Å². The minimum absolute atomic E-state index is 0.106. The third-order valence-corrected chi connectivity index (χ3v) is 4.53. The van der Waals surface area contributed by atoms with Crippen molar-refractivity contribution in [3.63, 3.8) is 0 Å². The topological polar surface area (TPSA) is 64.9 Å². The fraction of sp³-hybridized carbons (Fsp3) is 0.312. The van der Waals surface area contributed by atoms with Crippen LogP contribution in [0.5, 0.6) is 0 Å². The Kier molecular flexibility index (Phi) is 4.26. The second-order valence-corrected chi connectivity index (χ2v) is 6.37. The second-order valence-electron chi connectivity index (χ2n) is 5.60. The Morgan fingerprint density at radius 1 is 1.32 bits per heavy atom. The van der Waals surface area contributed by atoms with Crippen molar-refractivity contribution in [3.8, 4) is 0 Å². The lowest BCUT2D eigenvalue weighted by Gasteiger charge is -2.13. The lowest BCUT2D eigenvalue weighted by molar-refractivity contribution is 0.0592. The van der Waals surface area contributed by atoms with Gasteiger partial charge >= 0.3 is 0 Å². The normalized spacial score (nSPS) is 17.3. The minimum atomic E-state index is -0.698. The number of nitrogens with one attached hydrogen (secondary N) is 1. The van der Waals surface area contributed by atoms with Gasteiger partial charge < -0.3 is 10.1 Å². The van der Waals surface area contributed by atoms with Crippen molar-refractivity contribution < 1.29 is 13.5 Å². The highest BCUT2D eigenvalue weighted by molar-refractivity contribution is 7.98. The molecule has 2 aromatic heterocycles. The molecule has 1 aromatic carbocycles. The van der Waals surface area contributed by atoms with Gasteiger partial charge in [0.15, 0.2) is 22.1 Å². The summed E-state index contributed by atoms with van der Waals surface area (Å²) in [5.41, 5.74) is 1.26. The smallest absolute Gasteiger partial charge is 0.191 e. The molecule has 0 radical (unpaired) electrons. The number of hydrogen-bond acceptors (Lipinski definition) is 6. The first-order chi connectivity index (χ1) is 12.2. The van der Waals surface area contributed by atoms with E-state index in [2.05, 4.69) is 20.3 Å². The van der Waals surface area contributed by atoms with Crippen LogP contribution in [0.3, 0.4) is 0 Å². The summed E-state index contributed by atoms with van der Waals surface area (Å²) in [6.07, 6.45) is 5.28. The van der Waals surface area contributed by atoms with Crippen molar-refractivity contribution in [2.75, 3.05) is 18.2 Å². The van der Waals surface area contributed by atoms with Crippen molar-refractivity contribution in [1.82, 2.24) is 19.5 Å². The summed E-state index contributed by atoms with van der Waals surface area (Å²) in [7, 11) is 0. The summed E-state index contributed by atoms with van der Waals surface area (Å²) in [6.45, 7) is 0.705. The van der Waals surface area contributed by atoms with Crippen LogP contribution in [0.4, 0.5) is 20.3 Å². The van der Waals surface area contributed by atoms with Crippen LogP contribution in [0.1, 0.15) is 19.1 Å². The summed E-state index contributed by atoms with van der Waals surface area (Å²) in [5.74, 6) is -0.962. The molecule has 6 nitrogen and oxygen atoms in total. The first-order valence-electron chi connectivity index (χ1n) is 7.78. The SMILES string of the molecule is CSc1nc(Nc2ccc(F)cc2F)c2ncn(C3CCCO3)c2n1. The first-order valence-corrected chi connectivity index (χ1v) is 9.00. The Morgan fingerprint density at radius 3 is 2.92 bits per heavy atom. The Balaban J connectivity index is 1.79. The highest BCUT2D eigenvalue weighted by Gasteiger charge is 2.22. The Hall–Kier alpha value is -2.26. The largest absolute Gasteiger partial charge is 0.358 e. The van der Waals surface area contributed by atoms with E-state index in [1.54, 1.807) is 6.33 Å². The van der Waals surface area contributed by atoms with Crippen LogP contribution in [0.15, 0.2) is 29.7 Å². The quantitative estimate of drug-likeness (QED) is 0.561. The molecule has 0 spiro atoms. The van der Waals surface area contributed by atoms with E-state index in [4.69, 9.17) is 4.74 Å². The van der Waals surface area contributed by atoms with E-state index in [1.807, 2.05) is 10.8 Å². The van der Waals surface area contributed by atoms with Crippen molar-refractivity contribution in [2.24, 2.45) is 0 Å². The number of thioether (sulfide) groups is 1. The number of anilines is 2. The monoisotopic (exact) mass is 363 g/mol. The molecule has 4 rings (SSSR count). The summed E-state index contributed by atoms with van der Waals surface area (Å²) in [5, 5.41) is 3.42. The standard InChI is InChI=1S/C16H15F2N5OS/c1-25-16-21-14(20-11-5-4-9(17)7-10(11)18)13-15(22-16)23(8-19-13)12-3-2-6-24-12/h4-5,7-8,12H,2-3,6H2,1H3,(H,20,21,22). The minimum Gasteiger partial charge on any atom is -0.358 e. The molecule has 1 N–H and O–H groups in total. The predicted molar refractivity (Wildman–Crippen MR) is 91.0 cm³/mol. The number of benzene rings is 1. The average Bonchev–Trinajstić information content (AvgIpc) is 3.26. The lowest BCUT2D eigenvalue weighted by atomic mass is 10.3. The molecule has 1 saturated heterocycles. The van der Waals surface area contributed by atoms with Gasteiger partial charge in [-0.05, 0) is 31.2 Å². The molecule has 0 bridgehead atoms. The van der Waals surface area contributed by atoms with Crippen LogP contribution in [-0.4, -0.2) is 32.4 Å². The van der Waals surface area contributed by atoms with Crippen LogP contribution < -0.4 is 5.32 Å². The molecule has 1 fully saturated rings. The molecule has 130 valence electrons. The van der Waals surface area contributed by atoms with Crippen LogP contribution in [-0.2, 0) is 4.74 Å². The maximum atomic E-state index is 14.0. The molecule has 1 aliphatic heterocycles. The molecule has 25 heavy (non-hydrogen) atoms. The fourth-order valence-electron chi connectivity index (χ4n) is 2.78. The van der Waals surface area contributed by atoms with Gasteiger partial charge in [0.05, 0.1) is 12.0 Å². The number of fused-ring (bicyclic) bond motifs is 1. The number of nitrogens with zero attached hydrogens (tertiary/aromatic N) is 4. The Labute approximate surface area is 146 Å². The summed E-state index contributed by atoms with van der Waals surface area (Å²) in [6, 6.07) is 3.33. The summed E-state index contributed by atoms with van der Waals surface area (Å²) >= 11 is 1.37. The molecule has 1 unspecified atom stereocenters. The van der Waals surface area contributed by atoms with Crippen molar-refractivity contribution in [3.05, 3.63) is 36.2 Å². The molecule has 0 aliphatic carbocycles. The third-order valence-electron chi connectivity index (χ3n) is 3.98. The van der Waals surface area contributed by atoms with Crippen LogP contribution in [0, 0.1) is 11.6 Å². The van der Waals surface area contributed by atoms with E-state index in [1.165, 1.54) is 23.9 Å². The molecule has 3 heterocycles. The van der Waals surface area contributed by atoms with Gasteiger partial charge in [0, 0.05) is 12.7 Å². The number of halogens is 2. The maximum absolute atomic E-state index is 14.0. The van der Waals surface area contributed by atoms with Gasteiger partial charge in [-0.2, -0.15) is 0 Å². The molecular formula is C16H15F2N5OS. The average molecular weight is 363 g/mol. The van der Waals surface area contributed by atoms with E-state index in [9.17, 15) is 8.78 Å². The van der Waals surface area contributed by atoms with Crippen LogP contribution >= 0.6 is 11.8 Å². The zero-order valence-corrected chi connectivity index (χ0v) is 14.2. The van der Waals surface area contributed by atoms with Gasteiger partial charge in [0.25, 0.3) is 0 Å². The van der Waals surface area contributed by atoms with Gasteiger partial charge in [-0.15, -0.1) is 0 Å². The summed E-state index contributed by atoms with van der Waals surface area (Å²) in [4.78, 5) is 13.3. The number of aromatic nitrogens is 4. The maximum Gasteiger partial charge on any atom is 0.191 e. The van der Waals surface area contributed by atoms with E-state index < -0.39 is 11.6 Å². The van der Waals surface area contributed by atoms with Gasteiger partial charge in [0.1, 0.15) is 17.9 Å². The number of hydrogen-bond donors (Lipinski definition) is 1. The van der Waals surface area contributed by atoms with Crippen molar-refractivity contribution in [2.45, 2.75) is 24.2 Å². The molecule has 3 aromatic rings. The Morgan fingerprint density at radius 2 is 2.20 bits per heavy atom. The van der Waals surface area contributed by atoms with E-state index in [0.717, 1.165) is 18.9 Å². The molecular weight excluding hydrogens is 348 g/mol. The van der Waals surface area contributed by atoms with Crippen LogP contribution in [0.2, 0.25) is 0 Å². The third kappa shape index (κ3) is 3.05.